The standard InChI is InChI=1S/C10H22N2S/c1-10(4-3-5-11-2)12-6-8-13-9-7-12/h10-11H,3-9H2,1-2H3. The monoisotopic (exact) mass is 202 g/mol. The van der Waals surface area contributed by atoms with Gasteiger partial charge in [0.25, 0.3) is 0 Å². The van der Waals surface area contributed by atoms with E-state index in [4.69, 9.17) is 0 Å². The third-order valence-electron chi connectivity index (χ3n) is 2.72. The normalized spacial score (nSPS) is 21.7. The molecule has 78 valence electrons. The molecule has 2 nitrogen and oxygen atoms in total. The van der Waals surface area contributed by atoms with Gasteiger partial charge >= 0.3 is 0 Å². The van der Waals surface area contributed by atoms with Crippen molar-refractivity contribution in [3.63, 3.8) is 0 Å². The van der Waals surface area contributed by atoms with E-state index < -0.39 is 0 Å². The maximum Gasteiger partial charge on any atom is 0.00755 e. The third-order valence-corrected chi connectivity index (χ3v) is 3.66. The van der Waals surface area contributed by atoms with Gasteiger partial charge < -0.3 is 5.32 Å². The van der Waals surface area contributed by atoms with E-state index in [-0.39, 0.29) is 0 Å². The van der Waals surface area contributed by atoms with Crippen molar-refractivity contribution in [2.45, 2.75) is 25.8 Å². The van der Waals surface area contributed by atoms with Gasteiger partial charge in [-0.05, 0) is 33.4 Å². The Kier molecular flexibility index (Phi) is 5.83. The van der Waals surface area contributed by atoms with Gasteiger partial charge in [0.1, 0.15) is 0 Å². The molecule has 1 fully saturated rings. The van der Waals surface area contributed by atoms with Crippen LogP contribution in [0.3, 0.4) is 0 Å². The third kappa shape index (κ3) is 4.34. The number of nitrogens with zero attached hydrogens (tertiary/aromatic N) is 1. The molecular formula is C10H22N2S. The molecule has 1 heterocycles. The van der Waals surface area contributed by atoms with Crippen molar-refractivity contribution in [1.82, 2.24) is 10.2 Å². The van der Waals surface area contributed by atoms with E-state index >= 15 is 0 Å². The van der Waals surface area contributed by atoms with E-state index in [0.29, 0.717) is 0 Å². The molecule has 1 aliphatic heterocycles. The van der Waals surface area contributed by atoms with Gasteiger partial charge in [0.2, 0.25) is 0 Å². The van der Waals surface area contributed by atoms with E-state index in [9.17, 15) is 0 Å². The van der Waals surface area contributed by atoms with Crippen molar-refractivity contribution in [1.29, 1.82) is 0 Å². The van der Waals surface area contributed by atoms with Crippen LogP contribution in [0.4, 0.5) is 0 Å². The molecule has 0 aromatic heterocycles. The van der Waals surface area contributed by atoms with Gasteiger partial charge in [-0.25, -0.2) is 0 Å². The molecule has 0 amide bonds. The highest BCUT2D eigenvalue weighted by molar-refractivity contribution is 7.99. The lowest BCUT2D eigenvalue weighted by atomic mass is 10.1. The zero-order valence-corrected chi connectivity index (χ0v) is 9.70. The first-order valence-corrected chi connectivity index (χ1v) is 6.46. The van der Waals surface area contributed by atoms with Crippen LogP contribution in [-0.2, 0) is 0 Å². The SMILES string of the molecule is CNCCCC(C)N1CCSCC1. The fraction of sp³-hybridized carbons (Fsp3) is 1.00. The second-order valence-corrected chi connectivity index (χ2v) is 4.97. The van der Waals surface area contributed by atoms with Gasteiger partial charge in [0, 0.05) is 30.6 Å². The van der Waals surface area contributed by atoms with Crippen molar-refractivity contribution < 1.29 is 0 Å². The van der Waals surface area contributed by atoms with Gasteiger partial charge in [-0.3, -0.25) is 4.90 Å². The van der Waals surface area contributed by atoms with Crippen molar-refractivity contribution >= 4 is 11.8 Å². The van der Waals surface area contributed by atoms with Crippen LogP contribution in [0.2, 0.25) is 0 Å². The minimum Gasteiger partial charge on any atom is -0.320 e. The zero-order chi connectivity index (χ0) is 9.52. The van der Waals surface area contributed by atoms with E-state index in [2.05, 4.69) is 28.9 Å². The molecule has 1 N–H and O–H groups in total. The Morgan fingerprint density at radius 1 is 1.38 bits per heavy atom. The van der Waals surface area contributed by atoms with Gasteiger partial charge in [-0.1, -0.05) is 0 Å². The highest BCUT2D eigenvalue weighted by Crippen LogP contribution is 2.14. The summed E-state index contributed by atoms with van der Waals surface area (Å²) in [5.74, 6) is 2.66. The molecule has 3 heteroatoms. The highest BCUT2D eigenvalue weighted by atomic mass is 32.2. The topological polar surface area (TPSA) is 15.3 Å². The molecule has 1 saturated heterocycles. The Balaban J connectivity index is 2.09. The fourth-order valence-corrected chi connectivity index (χ4v) is 2.71. The summed E-state index contributed by atoms with van der Waals surface area (Å²) in [5, 5.41) is 3.20. The van der Waals surface area contributed by atoms with Crippen molar-refractivity contribution in [3.8, 4) is 0 Å². The summed E-state index contributed by atoms with van der Waals surface area (Å²) in [7, 11) is 2.03. The quantitative estimate of drug-likeness (QED) is 0.679. The maximum absolute atomic E-state index is 3.20. The molecule has 0 spiro atoms. The second kappa shape index (κ2) is 6.68. The minimum absolute atomic E-state index is 0.786. The van der Waals surface area contributed by atoms with E-state index in [1.807, 2.05) is 7.05 Å². The molecule has 0 bridgehead atoms. The molecule has 1 unspecified atom stereocenters. The molecular weight excluding hydrogens is 180 g/mol. The molecule has 0 aliphatic carbocycles. The molecule has 13 heavy (non-hydrogen) atoms. The summed E-state index contributed by atoms with van der Waals surface area (Å²) in [6, 6.07) is 0.786. The largest absolute Gasteiger partial charge is 0.320 e. The van der Waals surface area contributed by atoms with Gasteiger partial charge in [0.05, 0.1) is 0 Å². The fourth-order valence-electron chi connectivity index (χ4n) is 1.78. The number of thioether (sulfide) groups is 1. The first-order valence-electron chi connectivity index (χ1n) is 5.31. The predicted molar refractivity (Wildman–Crippen MR) is 61.5 cm³/mol. The number of hydrogen-bond acceptors (Lipinski definition) is 3. The van der Waals surface area contributed by atoms with Crippen molar-refractivity contribution in [3.05, 3.63) is 0 Å². The van der Waals surface area contributed by atoms with Gasteiger partial charge in [-0.2, -0.15) is 11.8 Å². The smallest absolute Gasteiger partial charge is 0.00755 e. The van der Waals surface area contributed by atoms with E-state index in [1.54, 1.807) is 0 Å². The van der Waals surface area contributed by atoms with E-state index in [1.165, 1.54) is 37.4 Å². The second-order valence-electron chi connectivity index (χ2n) is 3.74. The van der Waals surface area contributed by atoms with Crippen LogP contribution in [0.25, 0.3) is 0 Å². The Morgan fingerprint density at radius 2 is 2.08 bits per heavy atom. The Morgan fingerprint density at radius 3 is 2.69 bits per heavy atom. The summed E-state index contributed by atoms with van der Waals surface area (Å²) in [4.78, 5) is 2.63. The van der Waals surface area contributed by atoms with Crippen LogP contribution in [0.1, 0.15) is 19.8 Å². The maximum atomic E-state index is 3.20. The Bertz CT molecular complexity index is 124. The van der Waals surface area contributed by atoms with E-state index in [0.717, 1.165) is 12.6 Å². The van der Waals surface area contributed by atoms with Gasteiger partial charge in [-0.15, -0.1) is 0 Å². The number of hydrogen-bond donors (Lipinski definition) is 1. The Labute approximate surface area is 86.5 Å². The number of nitrogens with one attached hydrogen (secondary N) is 1. The van der Waals surface area contributed by atoms with Gasteiger partial charge in [0.15, 0.2) is 0 Å². The molecule has 1 atom stereocenters. The summed E-state index contributed by atoms with van der Waals surface area (Å²) in [6.07, 6.45) is 2.65. The highest BCUT2D eigenvalue weighted by Gasteiger charge is 2.15. The van der Waals surface area contributed by atoms with Crippen LogP contribution < -0.4 is 5.32 Å². The summed E-state index contributed by atoms with van der Waals surface area (Å²) in [6.45, 7) is 6.12. The van der Waals surface area contributed by atoms with Crippen molar-refractivity contribution in [2.75, 3.05) is 38.2 Å². The van der Waals surface area contributed by atoms with Crippen LogP contribution in [0, 0.1) is 0 Å². The van der Waals surface area contributed by atoms with Crippen molar-refractivity contribution in [2.24, 2.45) is 0 Å². The number of rotatable bonds is 5. The minimum atomic E-state index is 0.786. The summed E-state index contributed by atoms with van der Waals surface area (Å²) < 4.78 is 0. The zero-order valence-electron chi connectivity index (χ0n) is 8.88. The molecule has 1 aliphatic rings. The van der Waals surface area contributed by atoms with Crippen LogP contribution in [-0.4, -0.2) is 49.1 Å². The Hall–Kier alpha value is 0.270. The lowest BCUT2D eigenvalue weighted by molar-refractivity contribution is 0.217. The molecule has 0 aromatic rings. The predicted octanol–water partition coefficient (Wildman–Crippen LogP) is 1.42. The molecule has 1 rings (SSSR count). The summed E-state index contributed by atoms with van der Waals surface area (Å²) >= 11 is 2.09. The van der Waals surface area contributed by atoms with Crippen LogP contribution in [0.5, 0.6) is 0 Å². The average Bonchev–Trinajstić information content (AvgIpc) is 2.19. The lowest BCUT2D eigenvalue weighted by Crippen LogP contribution is -2.39. The lowest BCUT2D eigenvalue weighted by Gasteiger charge is -2.32. The first-order chi connectivity index (χ1) is 6.34. The first kappa shape index (κ1) is 11.3. The van der Waals surface area contributed by atoms with Crippen LogP contribution >= 0.6 is 11.8 Å². The molecule has 0 saturated carbocycles. The summed E-state index contributed by atoms with van der Waals surface area (Å²) in [5.41, 5.74) is 0. The molecule has 0 aromatic carbocycles. The van der Waals surface area contributed by atoms with Crippen LogP contribution in [0.15, 0.2) is 0 Å². The molecule has 0 radical (unpaired) electrons. The average molecular weight is 202 g/mol.